The largest absolute Gasteiger partial charge is 0.399 e. The zero-order valence-corrected chi connectivity index (χ0v) is 12.0. The molecule has 3 rings (SSSR count). The topological polar surface area (TPSA) is 97.4 Å². The third kappa shape index (κ3) is 1.47. The Labute approximate surface area is 125 Å². The van der Waals surface area contributed by atoms with Gasteiger partial charge in [-0.3, -0.25) is 0 Å². The quantitative estimate of drug-likeness (QED) is 0.736. The number of allylic oxidation sites excluding steroid dienone is 4. The van der Waals surface area contributed by atoms with Crippen LogP contribution in [0.3, 0.4) is 0 Å². The summed E-state index contributed by atoms with van der Waals surface area (Å²) in [5.41, 5.74) is 6.08. The van der Waals surface area contributed by atoms with Crippen molar-refractivity contribution in [2.75, 3.05) is 0 Å². The van der Waals surface area contributed by atoms with Gasteiger partial charge in [0, 0.05) is 5.41 Å². The second-order valence-electron chi connectivity index (χ2n) is 6.38. The van der Waals surface area contributed by atoms with E-state index in [1.54, 1.807) is 0 Å². The maximum atomic E-state index is 9.83. The Kier molecular flexibility index (Phi) is 3.03. The minimum absolute atomic E-state index is 0.134. The Morgan fingerprint density at radius 2 is 1.76 bits per heavy atom. The molecule has 0 bridgehead atoms. The van der Waals surface area contributed by atoms with Gasteiger partial charge in [0.05, 0.1) is 23.4 Å². The summed E-state index contributed by atoms with van der Waals surface area (Å²) in [6.07, 6.45) is 8.85. The average Bonchev–Trinajstić information content (AvgIpc) is 3.00. The highest BCUT2D eigenvalue weighted by molar-refractivity contribution is 5.58. The molecule has 1 saturated carbocycles. The first-order chi connectivity index (χ1) is 10.2. The molecule has 1 spiro atoms. The van der Waals surface area contributed by atoms with Gasteiger partial charge in [0.1, 0.15) is 6.07 Å². The van der Waals surface area contributed by atoms with Crippen LogP contribution in [0.5, 0.6) is 0 Å². The molecule has 0 radical (unpaired) electrons. The monoisotopic (exact) mass is 278 g/mol. The van der Waals surface area contributed by atoms with Crippen LogP contribution in [0.2, 0.25) is 0 Å². The van der Waals surface area contributed by atoms with Crippen molar-refractivity contribution in [2.45, 2.75) is 44.9 Å². The van der Waals surface area contributed by atoms with Gasteiger partial charge in [-0.05, 0) is 43.6 Å². The van der Waals surface area contributed by atoms with Crippen LogP contribution in [0.1, 0.15) is 44.9 Å². The number of nitriles is 3. The van der Waals surface area contributed by atoms with Gasteiger partial charge in [-0.1, -0.05) is 18.9 Å². The molecule has 0 aliphatic heterocycles. The maximum Gasteiger partial charge on any atom is 0.190 e. The van der Waals surface area contributed by atoms with E-state index in [2.05, 4.69) is 24.3 Å². The molecule has 106 valence electrons. The molecule has 21 heavy (non-hydrogen) atoms. The van der Waals surface area contributed by atoms with Crippen molar-refractivity contribution in [3.8, 4) is 18.2 Å². The highest BCUT2D eigenvalue weighted by Crippen LogP contribution is 2.65. The SMILES string of the molecule is N#CC1=C(N)C(C#N)(C#N)C2(CCCC2)C2CCCC=C12. The summed E-state index contributed by atoms with van der Waals surface area (Å²) in [6.45, 7) is 0. The number of rotatable bonds is 0. The lowest BCUT2D eigenvalue weighted by Gasteiger charge is -2.51. The van der Waals surface area contributed by atoms with Crippen LogP contribution in [0.25, 0.3) is 0 Å². The van der Waals surface area contributed by atoms with Gasteiger partial charge in [0.2, 0.25) is 0 Å². The average molecular weight is 278 g/mol. The Morgan fingerprint density at radius 3 is 2.33 bits per heavy atom. The third-order valence-corrected chi connectivity index (χ3v) is 5.76. The normalized spacial score (nSPS) is 29.0. The Bertz CT molecular complexity index is 642. The van der Waals surface area contributed by atoms with E-state index >= 15 is 0 Å². The number of nitrogens with two attached hydrogens (primary N) is 1. The van der Waals surface area contributed by atoms with Crippen LogP contribution in [0.15, 0.2) is 22.9 Å². The van der Waals surface area contributed by atoms with Crippen molar-refractivity contribution in [3.63, 3.8) is 0 Å². The van der Waals surface area contributed by atoms with Crippen LogP contribution in [0, 0.1) is 50.7 Å². The van der Waals surface area contributed by atoms with Crippen LogP contribution < -0.4 is 5.73 Å². The van der Waals surface area contributed by atoms with E-state index in [1.165, 1.54) is 0 Å². The van der Waals surface area contributed by atoms with Crippen LogP contribution in [-0.4, -0.2) is 0 Å². The van der Waals surface area contributed by atoms with Gasteiger partial charge in [-0.15, -0.1) is 0 Å². The van der Waals surface area contributed by atoms with Crippen LogP contribution >= 0.6 is 0 Å². The molecule has 1 atom stereocenters. The van der Waals surface area contributed by atoms with Crippen molar-refractivity contribution >= 4 is 0 Å². The van der Waals surface area contributed by atoms with Crippen molar-refractivity contribution in [1.82, 2.24) is 0 Å². The smallest absolute Gasteiger partial charge is 0.190 e. The summed E-state index contributed by atoms with van der Waals surface area (Å²) in [7, 11) is 0. The fourth-order valence-corrected chi connectivity index (χ4v) is 4.82. The fourth-order valence-electron chi connectivity index (χ4n) is 4.82. The molecular weight excluding hydrogens is 260 g/mol. The van der Waals surface area contributed by atoms with E-state index in [0.717, 1.165) is 50.5 Å². The molecule has 4 heteroatoms. The van der Waals surface area contributed by atoms with Gasteiger partial charge in [-0.2, -0.15) is 15.8 Å². The predicted molar refractivity (Wildman–Crippen MR) is 76.8 cm³/mol. The van der Waals surface area contributed by atoms with Gasteiger partial charge < -0.3 is 5.73 Å². The minimum atomic E-state index is -1.34. The standard InChI is InChI=1S/C17H18N4/c18-9-13-12-5-1-2-6-14(12)16(7-3-4-8-16)17(10-19,11-20)15(13)21/h5,14H,1-4,6-8,21H2. The zero-order chi connectivity index (χ0) is 15.1. The van der Waals surface area contributed by atoms with Crippen molar-refractivity contribution in [3.05, 3.63) is 22.9 Å². The van der Waals surface area contributed by atoms with E-state index in [1.807, 2.05) is 0 Å². The van der Waals surface area contributed by atoms with Gasteiger partial charge in [0.15, 0.2) is 5.41 Å². The summed E-state index contributed by atoms with van der Waals surface area (Å²) < 4.78 is 0. The summed E-state index contributed by atoms with van der Waals surface area (Å²) in [5, 5.41) is 29.2. The second kappa shape index (κ2) is 4.64. The molecule has 2 N–H and O–H groups in total. The predicted octanol–water partition coefficient (Wildman–Crippen LogP) is 3.06. The van der Waals surface area contributed by atoms with Crippen molar-refractivity contribution < 1.29 is 0 Å². The maximum absolute atomic E-state index is 9.83. The molecule has 1 unspecified atom stereocenters. The van der Waals surface area contributed by atoms with E-state index in [-0.39, 0.29) is 11.6 Å². The van der Waals surface area contributed by atoms with E-state index in [0.29, 0.717) is 5.57 Å². The lowest BCUT2D eigenvalue weighted by molar-refractivity contribution is 0.0861. The molecule has 0 aromatic rings. The number of nitrogens with zero attached hydrogens (tertiary/aromatic N) is 3. The Hall–Kier alpha value is -2.25. The summed E-state index contributed by atoms with van der Waals surface area (Å²) in [5.74, 6) is 0.134. The molecule has 3 aliphatic rings. The number of hydrogen-bond donors (Lipinski definition) is 1. The molecule has 0 heterocycles. The number of fused-ring (bicyclic) bond motifs is 2. The van der Waals surface area contributed by atoms with E-state index in [9.17, 15) is 15.8 Å². The van der Waals surface area contributed by atoms with Gasteiger partial charge in [-0.25, -0.2) is 0 Å². The molecule has 4 nitrogen and oxygen atoms in total. The first kappa shape index (κ1) is 13.7. The molecule has 0 amide bonds. The fraction of sp³-hybridized carbons (Fsp3) is 0.588. The van der Waals surface area contributed by atoms with Gasteiger partial charge >= 0.3 is 0 Å². The second-order valence-corrected chi connectivity index (χ2v) is 6.38. The minimum Gasteiger partial charge on any atom is -0.399 e. The molecule has 1 fully saturated rings. The summed E-state index contributed by atoms with van der Waals surface area (Å²) in [6, 6.07) is 6.62. The lowest BCUT2D eigenvalue weighted by Crippen LogP contribution is -2.52. The Balaban J connectivity index is 2.35. The molecule has 0 aromatic carbocycles. The molecule has 0 aromatic heterocycles. The first-order valence-electron chi connectivity index (χ1n) is 7.60. The summed E-state index contributed by atoms with van der Waals surface area (Å²) >= 11 is 0. The first-order valence-corrected chi connectivity index (χ1v) is 7.60. The Morgan fingerprint density at radius 1 is 1.10 bits per heavy atom. The molecule has 0 saturated heterocycles. The van der Waals surface area contributed by atoms with Crippen molar-refractivity contribution in [2.24, 2.45) is 22.5 Å². The zero-order valence-electron chi connectivity index (χ0n) is 12.0. The highest BCUT2D eigenvalue weighted by Gasteiger charge is 2.63. The van der Waals surface area contributed by atoms with E-state index < -0.39 is 10.8 Å². The van der Waals surface area contributed by atoms with Crippen LogP contribution in [0.4, 0.5) is 0 Å². The van der Waals surface area contributed by atoms with Crippen LogP contribution in [-0.2, 0) is 0 Å². The summed E-state index contributed by atoms with van der Waals surface area (Å²) in [4.78, 5) is 0. The van der Waals surface area contributed by atoms with Gasteiger partial charge in [0.25, 0.3) is 0 Å². The lowest BCUT2D eigenvalue weighted by atomic mass is 9.48. The number of hydrogen-bond acceptors (Lipinski definition) is 4. The molecular formula is C17H18N4. The molecule has 3 aliphatic carbocycles. The highest BCUT2D eigenvalue weighted by atomic mass is 14.8. The van der Waals surface area contributed by atoms with Crippen molar-refractivity contribution in [1.29, 1.82) is 15.8 Å². The third-order valence-electron chi connectivity index (χ3n) is 5.76. The van der Waals surface area contributed by atoms with E-state index in [4.69, 9.17) is 5.73 Å².